The minimum Gasteiger partial charge on any atom is -0.487 e. The summed E-state index contributed by atoms with van der Waals surface area (Å²) < 4.78 is 7.86. The van der Waals surface area contributed by atoms with E-state index >= 15 is 0 Å². The quantitative estimate of drug-likeness (QED) is 0.343. The van der Waals surface area contributed by atoms with E-state index in [9.17, 15) is 0 Å². The number of benzene rings is 2. The number of ether oxygens (including phenoxy) is 1. The topological polar surface area (TPSA) is 64.9 Å². The molecular weight excluding hydrogens is 410 g/mol. The molecule has 0 bridgehead atoms. The number of pyridine rings is 1. The first-order chi connectivity index (χ1) is 16.1. The van der Waals surface area contributed by atoms with Gasteiger partial charge in [0.25, 0.3) is 0 Å². The zero-order valence-corrected chi connectivity index (χ0v) is 19.1. The Morgan fingerprint density at radius 1 is 1.03 bits per heavy atom. The van der Waals surface area contributed by atoms with E-state index in [2.05, 4.69) is 64.8 Å². The molecule has 0 saturated heterocycles. The molecule has 33 heavy (non-hydrogen) atoms. The van der Waals surface area contributed by atoms with Gasteiger partial charge in [-0.3, -0.25) is 4.98 Å². The molecular formula is C27H29N5O. The van der Waals surface area contributed by atoms with Gasteiger partial charge in [0, 0.05) is 17.6 Å². The molecule has 0 atom stereocenters. The third-order valence-corrected chi connectivity index (χ3v) is 5.70. The van der Waals surface area contributed by atoms with Crippen LogP contribution in [0.15, 0.2) is 73.1 Å². The summed E-state index contributed by atoms with van der Waals surface area (Å²) >= 11 is 0. The Morgan fingerprint density at radius 3 is 2.73 bits per heavy atom. The lowest BCUT2D eigenvalue weighted by molar-refractivity contribution is 0.301. The molecule has 6 heteroatoms. The first kappa shape index (κ1) is 21.2. The van der Waals surface area contributed by atoms with Crippen molar-refractivity contribution in [1.29, 1.82) is 0 Å². The van der Waals surface area contributed by atoms with Gasteiger partial charge in [-0.15, -0.1) is 5.10 Å². The Kier molecular flexibility index (Phi) is 6.07. The highest BCUT2D eigenvalue weighted by atomic mass is 16.5. The molecule has 2 aromatic carbocycles. The van der Waals surface area contributed by atoms with Crippen molar-refractivity contribution in [3.63, 3.8) is 0 Å². The van der Waals surface area contributed by atoms with Crippen LogP contribution in [0.4, 0.5) is 11.4 Å². The van der Waals surface area contributed by atoms with Crippen LogP contribution in [0.25, 0.3) is 5.69 Å². The average molecular weight is 440 g/mol. The molecule has 2 aromatic heterocycles. The molecule has 5 rings (SSSR count). The highest BCUT2D eigenvalue weighted by molar-refractivity contribution is 5.67. The second-order valence-electron chi connectivity index (χ2n) is 9.06. The summed E-state index contributed by atoms with van der Waals surface area (Å²) in [5, 5.41) is 12.2. The number of hydrogen-bond acceptors (Lipinski definition) is 5. The van der Waals surface area contributed by atoms with Crippen LogP contribution < -0.4 is 10.1 Å². The Labute approximate surface area is 194 Å². The van der Waals surface area contributed by atoms with Gasteiger partial charge in [0.15, 0.2) is 0 Å². The number of rotatable bonds is 9. The smallest absolute Gasteiger partial charge is 0.130 e. The average Bonchev–Trinajstić information content (AvgIpc) is 3.57. The Balaban J connectivity index is 1.32. The van der Waals surface area contributed by atoms with Gasteiger partial charge in [-0.1, -0.05) is 31.2 Å². The van der Waals surface area contributed by atoms with E-state index in [1.165, 1.54) is 18.4 Å². The van der Waals surface area contributed by atoms with E-state index < -0.39 is 0 Å². The zero-order valence-electron chi connectivity index (χ0n) is 19.1. The van der Waals surface area contributed by atoms with Crippen molar-refractivity contribution < 1.29 is 4.74 Å². The monoisotopic (exact) mass is 439 g/mol. The fourth-order valence-electron chi connectivity index (χ4n) is 3.94. The minimum atomic E-state index is 0.469. The van der Waals surface area contributed by atoms with Crippen LogP contribution in [0.2, 0.25) is 0 Å². The van der Waals surface area contributed by atoms with Gasteiger partial charge in [0.05, 0.1) is 23.3 Å². The molecule has 1 aliphatic rings. The van der Waals surface area contributed by atoms with Gasteiger partial charge in [-0.2, -0.15) is 0 Å². The van der Waals surface area contributed by atoms with Crippen LogP contribution >= 0.6 is 0 Å². The van der Waals surface area contributed by atoms with Crippen molar-refractivity contribution in [3.8, 4) is 11.4 Å². The SMILES string of the molecule is CC(C)Cc1cn(-c2cccc(Nc3ccc(OCc4ccccn4)cc3C3CC3)c2)nn1. The second kappa shape index (κ2) is 9.45. The number of nitrogens with zero attached hydrogens (tertiary/aromatic N) is 4. The van der Waals surface area contributed by atoms with Gasteiger partial charge in [0.1, 0.15) is 12.4 Å². The Morgan fingerprint density at radius 2 is 1.94 bits per heavy atom. The summed E-state index contributed by atoms with van der Waals surface area (Å²) in [6.45, 7) is 4.85. The highest BCUT2D eigenvalue weighted by Gasteiger charge is 2.26. The van der Waals surface area contributed by atoms with Crippen LogP contribution in [0.3, 0.4) is 0 Å². The minimum absolute atomic E-state index is 0.469. The summed E-state index contributed by atoms with van der Waals surface area (Å²) in [6, 6.07) is 20.5. The lowest BCUT2D eigenvalue weighted by Crippen LogP contribution is -2.01. The normalized spacial score (nSPS) is 13.3. The van der Waals surface area contributed by atoms with Crippen LogP contribution in [0, 0.1) is 5.92 Å². The van der Waals surface area contributed by atoms with Gasteiger partial charge >= 0.3 is 0 Å². The first-order valence-electron chi connectivity index (χ1n) is 11.6. The summed E-state index contributed by atoms with van der Waals surface area (Å²) in [7, 11) is 0. The van der Waals surface area contributed by atoms with E-state index in [1.54, 1.807) is 6.20 Å². The van der Waals surface area contributed by atoms with E-state index in [-0.39, 0.29) is 0 Å². The van der Waals surface area contributed by atoms with Crippen LogP contribution in [-0.2, 0) is 13.0 Å². The van der Waals surface area contributed by atoms with Crippen molar-refractivity contribution in [2.24, 2.45) is 5.92 Å². The zero-order chi connectivity index (χ0) is 22.6. The molecule has 1 aliphatic carbocycles. The maximum Gasteiger partial charge on any atom is 0.130 e. The molecule has 168 valence electrons. The Bertz CT molecular complexity index is 1210. The molecule has 1 fully saturated rings. The Hall–Kier alpha value is -3.67. The van der Waals surface area contributed by atoms with Crippen LogP contribution in [0.5, 0.6) is 5.75 Å². The molecule has 0 radical (unpaired) electrons. The molecule has 0 spiro atoms. The van der Waals surface area contributed by atoms with Gasteiger partial charge in [-0.05, 0) is 85.2 Å². The summed E-state index contributed by atoms with van der Waals surface area (Å²) in [6.07, 6.45) is 7.17. The predicted octanol–water partition coefficient (Wildman–Crippen LogP) is 6.06. The van der Waals surface area contributed by atoms with Crippen molar-refractivity contribution in [2.45, 2.75) is 45.6 Å². The molecule has 1 saturated carbocycles. The number of aromatic nitrogens is 4. The lowest BCUT2D eigenvalue weighted by atomic mass is 10.1. The summed E-state index contributed by atoms with van der Waals surface area (Å²) in [5.41, 5.74) is 6.39. The molecule has 0 unspecified atom stereocenters. The molecule has 2 heterocycles. The fraction of sp³-hybridized carbons (Fsp3) is 0.296. The van der Waals surface area contributed by atoms with E-state index in [0.29, 0.717) is 18.4 Å². The van der Waals surface area contributed by atoms with Crippen LogP contribution in [-0.4, -0.2) is 20.0 Å². The molecule has 0 aliphatic heterocycles. The second-order valence-corrected chi connectivity index (χ2v) is 9.06. The third kappa shape index (κ3) is 5.40. The van der Waals surface area contributed by atoms with Crippen molar-refractivity contribution in [2.75, 3.05) is 5.32 Å². The number of nitrogens with one attached hydrogen (secondary N) is 1. The van der Waals surface area contributed by atoms with Gasteiger partial charge in [0.2, 0.25) is 0 Å². The third-order valence-electron chi connectivity index (χ3n) is 5.70. The molecule has 0 amide bonds. The van der Waals surface area contributed by atoms with Crippen molar-refractivity contribution in [1.82, 2.24) is 20.0 Å². The van der Waals surface area contributed by atoms with Crippen molar-refractivity contribution in [3.05, 3.63) is 90.0 Å². The lowest BCUT2D eigenvalue weighted by Gasteiger charge is -2.15. The van der Waals surface area contributed by atoms with Crippen LogP contribution in [0.1, 0.15) is 49.6 Å². The maximum absolute atomic E-state index is 6.01. The van der Waals surface area contributed by atoms with Gasteiger partial charge < -0.3 is 10.1 Å². The predicted molar refractivity (Wildman–Crippen MR) is 130 cm³/mol. The molecule has 4 aromatic rings. The largest absolute Gasteiger partial charge is 0.487 e. The summed E-state index contributed by atoms with van der Waals surface area (Å²) in [4.78, 5) is 4.34. The van der Waals surface area contributed by atoms with Gasteiger partial charge in [-0.25, -0.2) is 4.68 Å². The first-order valence-corrected chi connectivity index (χ1v) is 11.6. The maximum atomic E-state index is 6.01. The molecule has 6 nitrogen and oxygen atoms in total. The van der Waals surface area contributed by atoms with E-state index in [4.69, 9.17) is 4.74 Å². The highest BCUT2D eigenvalue weighted by Crippen LogP contribution is 2.45. The van der Waals surface area contributed by atoms with E-state index in [0.717, 1.165) is 40.6 Å². The molecule has 1 N–H and O–H groups in total. The van der Waals surface area contributed by atoms with Crippen molar-refractivity contribution >= 4 is 11.4 Å². The van der Waals surface area contributed by atoms with E-state index in [1.807, 2.05) is 41.2 Å². The summed E-state index contributed by atoms with van der Waals surface area (Å²) in [5.74, 6) is 2.02. The number of hydrogen-bond donors (Lipinski definition) is 1. The fourth-order valence-corrected chi connectivity index (χ4v) is 3.94. The standard InChI is InChI=1S/C27H29N5O/c1-19(2)14-23-17-32(31-30-23)24-8-5-7-21(15-24)29-27-12-11-25(16-26(27)20-9-10-20)33-18-22-6-3-4-13-28-22/h3-8,11-13,15-17,19-20,29H,9-10,14,18H2,1-2H3. The number of anilines is 2.